The first kappa shape index (κ1) is 17.4. The van der Waals surface area contributed by atoms with Gasteiger partial charge in [-0.25, -0.2) is 4.98 Å². The molecule has 2 rings (SSSR count). The van der Waals surface area contributed by atoms with Crippen LogP contribution in [0.15, 0.2) is 0 Å². The molecule has 0 aliphatic heterocycles. The van der Waals surface area contributed by atoms with Crippen molar-refractivity contribution in [1.29, 1.82) is 0 Å². The number of amides is 1. The highest BCUT2D eigenvalue weighted by Gasteiger charge is 2.18. The summed E-state index contributed by atoms with van der Waals surface area (Å²) < 4.78 is 4.87. The lowest BCUT2D eigenvalue weighted by Crippen LogP contribution is -2.39. The molecule has 1 aromatic rings. The van der Waals surface area contributed by atoms with Crippen molar-refractivity contribution in [2.45, 2.75) is 44.6 Å². The van der Waals surface area contributed by atoms with Gasteiger partial charge >= 0.3 is 0 Å². The number of rotatable bonds is 4. The average Bonchev–Trinajstić information content (AvgIpc) is 2.71. The van der Waals surface area contributed by atoms with E-state index in [0.717, 1.165) is 18.5 Å². The predicted molar refractivity (Wildman–Crippen MR) is 83.7 cm³/mol. The van der Waals surface area contributed by atoms with Crippen molar-refractivity contribution in [3.63, 3.8) is 0 Å². The van der Waals surface area contributed by atoms with E-state index in [0.29, 0.717) is 5.13 Å². The van der Waals surface area contributed by atoms with E-state index in [4.69, 9.17) is 10.5 Å². The lowest BCUT2D eigenvalue weighted by molar-refractivity contribution is -0.118. The van der Waals surface area contributed by atoms with Crippen LogP contribution in [-0.2, 0) is 22.4 Å². The zero-order chi connectivity index (χ0) is 13.7. The number of aryl methyl sites for hydroxylation is 2. The SMILES string of the molecule is COCC(N)C(=O)Nc1nc2c(s1)CCCCCC2.Cl. The molecule has 1 aliphatic carbocycles. The van der Waals surface area contributed by atoms with Gasteiger partial charge in [0.05, 0.1) is 12.3 Å². The average molecular weight is 320 g/mol. The number of fused-ring (bicyclic) bond motifs is 1. The first-order chi connectivity index (χ1) is 9.20. The lowest BCUT2D eigenvalue weighted by atomic mass is 10.0. The van der Waals surface area contributed by atoms with E-state index in [1.165, 1.54) is 37.7 Å². The van der Waals surface area contributed by atoms with Crippen LogP contribution in [0.1, 0.15) is 36.3 Å². The normalized spacial score (nSPS) is 16.3. The van der Waals surface area contributed by atoms with Gasteiger partial charge in [-0.1, -0.05) is 12.8 Å². The second kappa shape index (κ2) is 8.56. The molecule has 0 spiro atoms. The summed E-state index contributed by atoms with van der Waals surface area (Å²) in [5.41, 5.74) is 6.84. The fourth-order valence-corrected chi connectivity index (χ4v) is 3.27. The number of hydrogen-bond donors (Lipinski definition) is 2. The molecular weight excluding hydrogens is 298 g/mol. The molecule has 0 aromatic carbocycles. The Labute approximate surface area is 129 Å². The highest BCUT2D eigenvalue weighted by molar-refractivity contribution is 7.15. The molecule has 0 bridgehead atoms. The monoisotopic (exact) mass is 319 g/mol. The van der Waals surface area contributed by atoms with Gasteiger partial charge in [-0.15, -0.1) is 23.7 Å². The highest BCUT2D eigenvalue weighted by Crippen LogP contribution is 2.28. The third kappa shape index (κ3) is 4.70. The van der Waals surface area contributed by atoms with Crippen molar-refractivity contribution in [2.75, 3.05) is 19.0 Å². The molecule has 0 fully saturated rings. The fraction of sp³-hybridized carbons (Fsp3) is 0.692. The summed E-state index contributed by atoms with van der Waals surface area (Å²) in [4.78, 5) is 17.6. The molecule has 1 atom stereocenters. The molecule has 1 amide bonds. The Morgan fingerprint density at radius 1 is 1.40 bits per heavy atom. The maximum Gasteiger partial charge on any atom is 0.245 e. The van der Waals surface area contributed by atoms with Crippen LogP contribution < -0.4 is 11.1 Å². The van der Waals surface area contributed by atoms with Crippen LogP contribution in [-0.4, -0.2) is 30.6 Å². The number of nitrogens with zero attached hydrogens (tertiary/aromatic N) is 1. The fourth-order valence-electron chi connectivity index (χ4n) is 2.21. The number of ether oxygens (including phenoxy) is 1. The van der Waals surface area contributed by atoms with Crippen molar-refractivity contribution in [3.05, 3.63) is 10.6 Å². The van der Waals surface area contributed by atoms with Crippen LogP contribution in [0.2, 0.25) is 0 Å². The minimum Gasteiger partial charge on any atom is -0.383 e. The van der Waals surface area contributed by atoms with Crippen molar-refractivity contribution < 1.29 is 9.53 Å². The number of hydrogen-bond acceptors (Lipinski definition) is 5. The zero-order valence-electron chi connectivity index (χ0n) is 11.7. The molecule has 5 nitrogen and oxygen atoms in total. The van der Waals surface area contributed by atoms with E-state index in [-0.39, 0.29) is 24.9 Å². The second-order valence-corrected chi connectivity index (χ2v) is 5.94. The zero-order valence-corrected chi connectivity index (χ0v) is 13.3. The standard InChI is InChI=1S/C13H21N3O2S.ClH/c1-18-8-9(14)12(17)16-13-15-10-6-4-2-3-5-7-11(10)19-13;/h9H,2-8,14H2,1H3,(H,15,16,17);1H. The molecule has 1 aliphatic rings. The van der Waals surface area contributed by atoms with Crippen LogP contribution in [0.3, 0.4) is 0 Å². The van der Waals surface area contributed by atoms with Crippen LogP contribution in [0, 0.1) is 0 Å². The first-order valence-electron chi connectivity index (χ1n) is 6.74. The van der Waals surface area contributed by atoms with E-state index in [1.807, 2.05) is 0 Å². The quantitative estimate of drug-likeness (QED) is 0.891. The molecule has 1 aromatic heterocycles. The van der Waals surface area contributed by atoms with Crippen LogP contribution >= 0.6 is 23.7 Å². The molecule has 0 radical (unpaired) electrons. The van der Waals surface area contributed by atoms with Gasteiger partial charge in [0.25, 0.3) is 0 Å². The van der Waals surface area contributed by atoms with Crippen molar-refractivity contribution in [1.82, 2.24) is 4.98 Å². The first-order valence-corrected chi connectivity index (χ1v) is 7.56. The molecule has 3 N–H and O–H groups in total. The molecule has 114 valence electrons. The lowest BCUT2D eigenvalue weighted by Gasteiger charge is -2.08. The minimum absolute atomic E-state index is 0. The maximum absolute atomic E-state index is 11.8. The van der Waals surface area contributed by atoms with Crippen LogP contribution in [0.25, 0.3) is 0 Å². The van der Waals surface area contributed by atoms with Gasteiger partial charge in [-0.2, -0.15) is 0 Å². The van der Waals surface area contributed by atoms with Gasteiger partial charge in [0.1, 0.15) is 6.04 Å². The Bertz CT molecular complexity index is 414. The number of carbonyl (C=O) groups is 1. The molecule has 7 heteroatoms. The van der Waals surface area contributed by atoms with Gasteiger partial charge in [0.2, 0.25) is 5.91 Å². The summed E-state index contributed by atoms with van der Waals surface area (Å²) in [6.07, 6.45) is 7.06. The van der Waals surface area contributed by atoms with Gasteiger partial charge in [-0.3, -0.25) is 4.79 Å². The Hall–Kier alpha value is -0.690. The third-order valence-electron chi connectivity index (χ3n) is 3.26. The Morgan fingerprint density at radius 2 is 2.10 bits per heavy atom. The van der Waals surface area contributed by atoms with Crippen LogP contribution in [0.5, 0.6) is 0 Å². The number of thiazole rings is 1. The van der Waals surface area contributed by atoms with Gasteiger partial charge in [0.15, 0.2) is 5.13 Å². The Morgan fingerprint density at radius 3 is 2.80 bits per heavy atom. The largest absolute Gasteiger partial charge is 0.383 e. The molecule has 0 saturated heterocycles. The number of carbonyl (C=O) groups excluding carboxylic acids is 1. The Balaban J connectivity index is 0.00000200. The smallest absolute Gasteiger partial charge is 0.245 e. The van der Waals surface area contributed by atoms with Gasteiger partial charge in [0, 0.05) is 12.0 Å². The number of nitrogens with one attached hydrogen (secondary N) is 1. The summed E-state index contributed by atoms with van der Waals surface area (Å²) in [5.74, 6) is -0.233. The molecular formula is C13H22ClN3O2S. The van der Waals surface area contributed by atoms with Crippen molar-refractivity contribution in [2.24, 2.45) is 5.73 Å². The van der Waals surface area contributed by atoms with E-state index < -0.39 is 6.04 Å². The van der Waals surface area contributed by atoms with Crippen LogP contribution in [0.4, 0.5) is 5.13 Å². The molecule has 0 saturated carbocycles. The van der Waals surface area contributed by atoms with Gasteiger partial charge < -0.3 is 15.8 Å². The van der Waals surface area contributed by atoms with Crippen molar-refractivity contribution >= 4 is 34.8 Å². The number of halogens is 1. The summed E-state index contributed by atoms with van der Waals surface area (Å²) >= 11 is 1.58. The van der Waals surface area contributed by atoms with E-state index >= 15 is 0 Å². The molecule has 20 heavy (non-hydrogen) atoms. The number of nitrogens with two attached hydrogens (primary N) is 1. The maximum atomic E-state index is 11.8. The van der Waals surface area contributed by atoms with E-state index in [2.05, 4.69) is 10.3 Å². The third-order valence-corrected chi connectivity index (χ3v) is 4.33. The molecule has 1 heterocycles. The van der Waals surface area contributed by atoms with E-state index in [9.17, 15) is 4.79 Å². The molecule has 1 unspecified atom stereocenters. The van der Waals surface area contributed by atoms with Gasteiger partial charge in [-0.05, 0) is 25.7 Å². The minimum atomic E-state index is -0.642. The second-order valence-electron chi connectivity index (χ2n) is 4.85. The number of methoxy groups -OCH3 is 1. The Kier molecular flexibility index (Phi) is 7.43. The van der Waals surface area contributed by atoms with E-state index in [1.54, 1.807) is 11.3 Å². The summed E-state index contributed by atoms with van der Waals surface area (Å²) in [6, 6.07) is -0.642. The summed E-state index contributed by atoms with van der Waals surface area (Å²) in [5, 5.41) is 3.46. The highest BCUT2D eigenvalue weighted by atomic mass is 35.5. The number of aromatic nitrogens is 1. The predicted octanol–water partition coefficient (Wildman–Crippen LogP) is 2.14. The van der Waals surface area contributed by atoms with Crippen molar-refractivity contribution in [3.8, 4) is 0 Å². The number of anilines is 1. The summed E-state index contributed by atoms with van der Waals surface area (Å²) in [6.45, 7) is 0.219. The summed E-state index contributed by atoms with van der Waals surface area (Å²) in [7, 11) is 1.53. The topological polar surface area (TPSA) is 77.2 Å².